The number of imidazole rings is 1. The number of para-hydroxylation sites is 1. The molecule has 0 saturated carbocycles. The van der Waals surface area contributed by atoms with Gasteiger partial charge in [0.1, 0.15) is 0 Å². The number of carbonyl (C=O) groups is 1. The van der Waals surface area contributed by atoms with Crippen LogP contribution in [0.5, 0.6) is 0 Å². The molecule has 0 fully saturated rings. The van der Waals surface area contributed by atoms with Crippen molar-refractivity contribution in [2.45, 2.75) is 26.7 Å². The Labute approximate surface area is 162 Å². The van der Waals surface area contributed by atoms with Crippen LogP contribution in [0, 0.1) is 13.8 Å². The normalized spacial score (nSPS) is 11.0. The van der Waals surface area contributed by atoms with E-state index >= 15 is 0 Å². The van der Waals surface area contributed by atoms with Gasteiger partial charge in [0.2, 0.25) is 5.91 Å². The first-order valence-electron chi connectivity index (χ1n) is 8.99. The summed E-state index contributed by atoms with van der Waals surface area (Å²) in [5, 5.41) is 5.15. The lowest BCUT2D eigenvalue weighted by molar-refractivity contribution is -0.116. The zero-order valence-electron chi connectivity index (χ0n) is 15.4. The number of amides is 1. The Hall–Kier alpha value is -2.92. The zero-order valence-corrected chi connectivity index (χ0v) is 16.2. The van der Waals surface area contributed by atoms with Gasteiger partial charge in [0.05, 0.1) is 5.69 Å². The smallest absolute Gasteiger partial charge is 0.224 e. The van der Waals surface area contributed by atoms with Crippen LogP contribution in [0.3, 0.4) is 0 Å². The van der Waals surface area contributed by atoms with Gasteiger partial charge in [-0.2, -0.15) is 0 Å². The molecule has 136 valence electrons. The number of nitrogens with zero attached hydrogens (tertiary/aromatic N) is 2. The Kier molecular flexibility index (Phi) is 4.77. The van der Waals surface area contributed by atoms with E-state index in [1.54, 1.807) is 11.3 Å². The minimum absolute atomic E-state index is 0.0372. The van der Waals surface area contributed by atoms with Crippen LogP contribution in [0.2, 0.25) is 0 Å². The predicted molar refractivity (Wildman–Crippen MR) is 111 cm³/mol. The SMILES string of the molecule is Cc1cccc(C)c1NC(=O)CCc1csc2nc(-c3ccccc3)cn12. The molecular weight excluding hydrogens is 354 g/mol. The Bertz CT molecular complexity index is 1080. The summed E-state index contributed by atoms with van der Waals surface area (Å²) in [6.07, 6.45) is 3.18. The van der Waals surface area contributed by atoms with Crippen LogP contribution in [-0.4, -0.2) is 15.3 Å². The molecule has 4 rings (SSSR count). The molecule has 0 atom stereocenters. The van der Waals surface area contributed by atoms with Crippen molar-refractivity contribution in [3.63, 3.8) is 0 Å². The maximum atomic E-state index is 12.4. The number of benzene rings is 2. The number of aryl methyl sites for hydroxylation is 3. The Morgan fingerprint density at radius 3 is 2.56 bits per heavy atom. The Balaban J connectivity index is 1.47. The second-order valence-corrected chi connectivity index (χ2v) is 7.52. The van der Waals surface area contributed by atoms with Crippen molar-refractivity contribution in [1.82, 2.24) is 9.38 Å². The van der Waals surface area contributed by atoms with Gasteiger partial charge in [-0.15, -0.1) is 11.3 Å². The molecule has 0 aliphatic carbocycles. The van der Waals surface area contributed by atoms with Crippen LogP contribution in [-0.2, 0) is 11.2 Å². The van der Waals surface area contributed by atoms with Gasteiger partial charge < -0.3 is 5.32 Å². The van der Waals surface area contributed by atoms with Gasteiger partial charge in [0.25, 0.3) is 0 Å². The first-order valence-corrected chi connectivity index (χ1v) is 9.87. The Morgan fingerprint density at radius 2 is 1.81 bits per heavy atom. The molecule has 2 heterocycles. The van der Waals surface area contributed by atoms with Crippen molar-refractivity contribution in [1.29, 1.82) is 0 Å². The lowest BCUT2D eigenvalue weighted by Crippen LogP contribution is -2.14. The highest BCUT2D eigenvalue weighted by atomic mass is 32.1. The third kappa shape index (κ3) is 3.64. The van der Waals surface area contributed by atoms with Crippen molar-refractivity contribution < 1.29 is 4.79 Å². The number of carbonyl (C=O) groups excluding carboxylic acids is 1. The maximum absolute atomic E-state index is 12.4. The average molecular weight is 375 g/mol. The number of thiazole rings is 1. The minimum atomic E-state index is 0.0372. The van der Waals surface area contributed by atoms with Gasteiger partial charge in [-0.3, -0.25) is 9.20 Å². The summed E-state index contributed by atoms with van der Waals surface area (Å²) in [5.74, 6) is 0.0372. The molecule has 0 aliphatic rings. The summed E-state index contributed by atoms with van der Waals surface area (Å²) in [6.45, 7) is 4.03. The van der Waals surface area contributed by atoms with Crippen LogP contribution >= 0.6 is 11.3 Å². The number of hydrogen-bond acceptors (Lipinski definition) is 3. The van der Waals surface area contributed by atoms with Crippen molar-refractivity contribution in [2.24, 2.45) is 0 Å². The highest BCUT2D eigenvalue weighted by molar-refractivity contribution is 7.15. The molecule has 1 N–H and O–H groups in total. The number of anilines is 1. The van der Waals surface area contributed by atoms with Crippen molar-refractivity contribution >= 4 is 27.9 Å². The monoisotopic (exact) mass is 375 g/mol. The molecule has 0 saturated heterocycles. The van der Waals surface area contributed by atoms with Crippen LogP contribution in [0.15, 0.2) is 60.1 Å². The molecule has 0 bridgehead atoms. The van der Waals surface area contributed by atoms with E-state index in [0.29, 0.717) is 12.8 Å². The third-order valence-electron chi connectivity index (χ3n) is 4.71. The molecule has 1 amide bonds. The highest BCUT2D eigenvalue weighted by Crippen LogP contribution is 2.24. The highest BCUT2D eigenvalue weighted by Gasteiger charge is 2.12. The van der Waals surface area contributed by atoms with E-state index < -0.39 is 0 Å². The summed E-state index contributed by atoms with van der Waals surface area (Å²) in [6, 6.07) is 16.2. The van der Waals surface area contributed by atoms with E-state index in [2.05, 4.69) is 33.4 Å². The second-order valence-electron chi connectivity index (χ2n) is 6.69. The van der Waals surface area contributed by atoms with Crippen molar-refractivity contribution in [3.05, 3.63) is 76.9 Å². The van der Waals surface area contributed by atoms with E-state index in [1.807, 2.05) is 50.2 Å². The molecule has 2 aromatic heterocycles. The van der Waals surface area contributed by atoms with Crippen LogP contribution < -0.4 is 5.32 Å². The summed E-state index contributed by atoms with van der Waals surface area (Å²) < 4.78 is 2.10. The molecule has 27 heavy (non-hydrogen) atoms. The Morgan fingerprint density at radius 1 is 1.07 bits per heavy atom. The zero-order chi connectivity index (χ0) is 18.8. The molecule has 0 aliphatic heterocycles. The van der Waals surface area contributed by atoms with Crippen molar-refractivity contribution in [2.75, 3.05) is 5.32 Å². The predicted octanol–water partition coefficient (Wildman–Crippen LogP) is 5.25. The number of nitrogens with one attached hydrogen (secondary N) is 1. The molecule has 0 radical (unpaired) electrons. The molecule has 4 aromatic rings. The maximum Gasteiger partial charge on any atom is 0.224 e. The summed E-state index contributed by atoms with van der Waals surface area (Å²) >= 11 is 1.61. The summed E-state index contributed by atoms with van der Waals surface area (Å²) in [4.78, 5) is 18.1. The fourth-order valence-electron chi connectivity index (χ4n) is 3.21. The number of fused-ring (bicyclic) bond motifs is 1. The largest absolute Gasteiger partial charge is 0.326 e. The van der Waals surface area contributed by atoms with Gasteiger partial charge in [0, 0.05) is 34.9 Å². The first-order chi connectivity index (χ1) is 13.1. The van der Waals surface area contributed by atoms with Crippen molar-refractivity contribution in [3.8, 4) is 11.3 Å². The summed E-state index contributed by atoms with van der Waals surface area (Å²) in [7, 11) is 0. The summed E-state index contributed by atoms with van der Waals surface area (Å²) in [5.41, 5.74) is 6.27. The first kappa shape index (κ1) is 17.5. The van der Waals surface area contributed by atoms with Crippen LogP contribution in [0.4, 0.5) is 5.69 Å². The van der Waals surface area contributed by atoms with E-state index in [9.17, 15) is 4.79 Å². The lowest BCUT2D eigenvalue weighted by atomic mass is 10.1. The molecular formula is C22H21N3OS. The molecule has 0 unspecified atom stereocenters. The molecule has 5 heteroatoms. The standard InChI is InChI=1S/C22H21N3OS/c1-15-7-6-8-16(2)21(15)24-20(26)12-11-18-14-27-22-23-19(13-25(18)22)17-9-4-3-5-10-17/h3-10,13-14H,11-12H2,1-2H3,(H,24,26). The molecule has 4 nitrogen and oxygen atoms in total. The quantitative estimate of drug-likeness (QED) is 0.518. The molecule has 0 spiro atoms. The van der Waals surface area contributed by atoms with Gasteiger partial charge >= 0.3 is 0 Å². The van der Waals surface area contributed by atoms with Gasteiger partial charge in [0.15, 0.2) is 4.96 Å². The topological polar surface area (TPSA) is 46.4 Å². The van der Waals surface area contributed by atoms with Gasteiger partial charge in [-0.05, 0) is 31.4 Å². The van der Waals surface area contributed by atoms with Crippen LogP contribution in [0.1, 0.15) is 23.2 Å². The fourth-order valence-corrected chi connectivity index (χ4v) is 4.12. The minimum Gasteiger partial charge on any atom is -0.326 e. The average Bonchev–Trinajstić information content (AvgIpc) is 3.25. The van der Waals surface area contributed by atoms with Gasteiger partial charge in [-0.1, -0.05) is 48.5 Å². The number of aromatic nitrogens is 2. The van der Waals surface area contributed by atoms with E-state index in [-0.39, 0.29) is 5.91 Å². The fraction of sp³-hybridized carbons (Fsp3) is 0.182. The van der Waals surface area contributed by atoms with E-state index in [0.717, 1.165) is 38.7 Å². The molecule has 2 aromatic carbocycles. The van der Waals surface area contributed by atoms with Crippen LogP contribution in [0.25, 0.3) is 16.2 Å². The van der Waals surface area contributed by atoms with E-state index in [1.165, 1.54) is 0 Å². The van der Waals surface area contributed by atoms with E-state index in [4.69, 9.17) is 4.98 Å². The number of rotatable bonds is 5. The van der Waals surface area contributed by atoms with Gasteiger partial charge in [-0.25, -0.2) is 4.98 Å². The third-order valence-corrected chi connectivity index (χ3v) is 5.60. The second kappa shape index (κ2) is 7.37. The lowest BCUT2D eigenvalue weighted by Gasteiger charge is -2.11. The number of hydrogen-bond donors (Lipinski definition) is 1.